The molecule has 2 unspecified atom stereocenters. The van der Waals surface area contributed by atoms with E-state index in [-0.39, 0.29) is 11.5 Å². The number of fused-ring (bicyclic) bond motifs is 5. The number of alkyl halides is 1. The summed E-state index contributed by atoms with van der Waals surface area (Å²) in [5.74, 6) is 4.21. The molecule has 0 aromatic heterocycles. The van der Waals surface area contributed by atoms with Crippen LogP contribution in [0.25, 0.3) is 0 Å². The highest BCUT2D eigenvalue weighted by molar-refractivity contribution is 6.18. The van der Waals surface area contributed by atoms with Crippen molar-refractivity contribution in [1.29, 1.82) is 0 Å². The lowest BCUT2D eigenvalue weighted by Crippen LogP contribution is -2.56. The highest BCUT2D eigenvalue weighted by Crippen LogP contribution is 2.67. The average molecular weight is 353 g/mol. The van der Waals surface area contributed by atoms with Crippen LogP contribution >= 0.6 is 11.6 Å². The van der Waals surface area contributed by atoms with Gasteiger partial charge in [0, 0.05) is 11.3 Å². The smallest absolute Gasteiger partial charge is 0.136 e. The van der Waals surface area contributed by atoms with Gasteiger partial charge in [-0.1, -0.05) is 6.92 Å². The Balaban J connectivity index is 1.66. The molecule has 0 aliphatic heterocycles. The molecule has 0 aromatic rings. The van der Waals surface area contributed by atoms with E-state index < -0.39 is 0 Å². The van der Waals surface area contributed by atoms with E-state index in [0.29, 0.717) is 40.7 Å². The summed E-state index contributed by atoms with van der Waals surface area (Å²) in [4.78, 5) is 12.8. The molecule has 4 aliphatic rings. The number of Topliss-reactive ketones (excluding diaryl/α,β-unsaturated/α-hetero) is 1. The SMILES string of the molecule is CC(=O)C12CC[C@H]3[C@@H](CC[C@H]4C[C@H](O)CC[C@@]43C)[C@@H]1CCC2CCl. The van der Waals surface area contributed by atoms with Crippen molar-refractivity contribution in [2.75, 3.05) is 5.88 Å². The third kappa shape index (κ3) is 2.21. The molecular weight excluding hydrogens is 320 g/mol. The standard InChI is InChI=1S/C21H33ClO2/c1-13(23)21-10-8-18-17(19(21)6-4-15(21)12-22)5-3-14-11-16(24)7-9-20(14,18)2/h14-19,24H,3-12H2,1-2H3/t14-,15?,16+,17+,18-,19-,20-,21?/m0/s1. The molecule has 1 N–H and O–H groups in total. The van der Waals surface area contributed by atoms with Gasteiger partial charge in [-0.25, -0.2) is 0 Å². The Morgan fingerprint density at radius 1 is 1.08 bits per heavy atom. The van der Waals surface area contributed by atoms with E-state index in [2.05, 4.69) is 6.92 Å². The molecule has 2 nitrogen and oxygen atoms in total. The van der Waals surface area contributed by atoms with Gasteiger partial charge in [0.1, 0.15) is 5.78 Å². The van der Waals surface area contributed by atoms with Crippen LogP contribution in [-0.4, -0.2) is 22.9 Å². The average Bonchev–Trinajstić information content (AvgIpc) is 2.95. The molecule has 4 fully saturated rings. The van der Waals surface area contributed by atoms with Crippen LogP contribution in [0.1, 0.15) is 71.6 Å². The van der Waals surface area contributed by atoms with Gasteiger partial charge in [-0.05, 0) is 99.7 Å². The fourth-order valence-electron chi connectivity index (χ4n) is 7.96. The van der Waals surface area contributed by atoms with Gasteiger partial charge >= 0.3 is 0 Å². The zero-order valence-corrected chi connectivity index (χ0v) is 16.0. The summed E-state index contributed by atoms with van der Waals surface area (Å²) in [6, 6.07) is 0. The largest absolute Gasteiger partial charge is 0.393 e. The van der Waals surface area contributed by atoms with Crippen molar-refractivity contribution < 1.29 is 9.90 Å². The van der Waals surface area contributed by atoms with Crippen molar-refractivity contribution in [1.82, 2.24) is 0 Å². The van der Waals surface area contributed by atoms with Gasteiger partial charge in [0.25, 0.3) is 0 Å². The molecule has 0 aromatic carbocycles. The first-order chi connectivity index (χ1) is 11.4. The summed E-state index contributed by atoms with van der Waals surface area (Å²) in [5.41, 5.74) is 0.282. The molecule has 0 saturated heterocycles. The molecular formula is C21H33ClO2. The Labute approximate surface area is 151 Å². The molecule has 8 atom stereocenters. The maximum absolute atomic E-state index is 12.8. The molecule has 136 valence electrons. The first-order valence-corrected chi connectivity index (χ1v) is 10.7. The number of hydrogen-bond acceptors (Lipinski definition) is 2. The molecule has 4 aliphatic carbocycles. The third-order valence-corrected chi connectivity index (χ3v) is 9.53. The lowest BCUT2D eigenvalue weighted by atomic mass is 9.44. The first-order valence-electron chi connectivity index (χ1n) is 10.2. The topological polar surface area (TPSA) is 37.3 Å². The van der Waals surface area contributed by atoms with Crippen molar-refractivity contribution in [3.63, 3.8) is 0 Å². The van der Waals surface area contributed by atoms with Crippen molar-refractivity contribution >= 4 is 17.4 Å². The molecule has 0 bridgehead atoms. The number of carbonyl (C=O) groups is 1. The summed E-state index contributed by atoms with van der Waals surface area (Å²) in [6.45, 7) is 4.34. The Morgan fingerprint density at radius 2 is 1.88 bits per heavy atom. The van der Waals surface area contributed by atoms with Crippen LogP contribution in [0.2, 0.25) is 0 Å². The van der Waals surface area contributed by atoms with E-state index in [9.17, 15) is 9.90 Å². The number of carbonyl (C=O) groups excluding carboxylic acids is 1. The van der Waals surface area contributed by atoms with E-state index in [1.165, 1.54) is 32.1 Å². The minimum absolute atomic E-state index is 0.0772. The molecule has 0 spiro atoms. The molecule has 0 radical (unpaired) electrons. The molecule has 0 heterocycles. The summed E-state index contributed by atoms with van der Waals surface area (Å²) >= 11 is 6.31. The molecule has 4 rings (SSSR count). The Morgan fingerprint density at radius 3 is 2.58 bits per heavy atom. The van der Waals surface area contributed by atoms with E-state index in [4.69, 9.17) is 11.6 Å². The normalized spacial score (nSPS) is 53.8. The predicted molar refractivity (Wildman–Crippen MR) is 97.0 cm³/mol. The maximum atomic E-state index is 12.8. The Hall–Kier alpha value is -0.0800. The summed E-state index contributed by atoms with van der Waals surface area (Å²) < 4.78 is 0. The lowest BCUT2D eigenvalue weighted by Gasteiger charge is -2.61. The van der Waals surface area contributed by atoms with Gasteiger partial charge in [0.05, 0.1) is 6.10 Å². The monoisotopic (exact) mass is 352 g/mol. The van der Waals surface area contributed by atoms with Gasteiger partial charge in [0.2, 0.25) is 0 Å². The fourth-order valence-corrected chi connectivity index (χ4v) is 8.39. The van der Waals surface area contributed by atoms with Gasteiger partial charge in [0.15, 0.2) is 0 Å². The molecule has 4 saturated carbocycles. The van der Waals surface area contributed by atoms with E-state index in [0.717, 1.165) is 31.6 Å². The number of aliphatic hydroxyl groups excluding tert-OH is 1. The van der Waals surface area contributed by atoms with Crippen LogP contribution in [-0.2, 0) is 4.79 Å². The maximum Gasteiger partial charge on any atom is 0.136 e. The third-order valence-electron chi connectivity index (χ3n) is 9.16. The van der Waals surface area contributed by atoms with Crippen molar-refractivity contribution in [2.45, 2.75) is 77.7 Å². The first kappa shape index (κ1) is 17.3. The van der Waals surface area contributed by atoms with Crippen LogP contribution in [0.4, 0.5) is 0 Å². The quantitative estimate of drug-likeness (QED) is 0.724. The predicted octanol–water partition coefficient (Wildman–Crippen LogP) is 4.81. The van der Waals surface area contributed by atoms with Crippen LogP contribution in [0.15, 0.2) is 0 Å². The van der Waals surface area contributed by atoms with E-state index in [1.807, 2.05) is 6.92 Å². The van der Waals surface area contributed by atoms with E-state index in [1.54, 1.807) is 0 Å². The van der Waals surface area contributed by atoms with Gasteiger partial charge in [-0.2, -0.15) is 0 Å². The van der Waals surface area contributed by atoms with Crippen LogP contribution < -0.4 is 0 Å². The molecule has 24 heavy (non-hydrogen) atoms. The number of aliphatic hydroxyl groups is 1. The minimum Gasteiger partial charge on any atom is -0.393 e. The van der Waals surface area contributed by atoms with Gasteiger partial charge in [-0.15, -0.1) is 11.6 Å². The second kappa shape index (κ2) is 5.98. The summed E-state index contributed by atoms with van der Waals surface area (Å²) in [7, 11) is 0. The second-order valence-electron chi connectivity index (χ2n) is 9.65. The molecule has 0 amide bonds. The number of halogens is 1. The lowest BCUT2D eigenvalue weighted by molar-refractivity contribution is -0.152. The highest BCUT2D eigenvalue weighted by atomic mass is 35.5. The Kier molecular flexibility index (Phi) is 4.32. The zero-order chi connectivity index (χ0) is 17.1. The van der Waals surface area contributed by atoms with Crippen molar-refractivity contribution in [3.05, 3.63) is 0 Å². The highest BCUT2D eigenvalue weighted by Gasteiger charge is 2.63. The number of hydrogen-bond donors (Lipinski definition) is 1. The minimum atomic E-state index is -0.111. The molecule has 3 heteroatoms. The van der Waals surface area contributed by atoms with E-state index >= 15 is 0 Å². The fraction of sp³-hybridized carbons (Fsp3) is 0.952. The zero-order valence-electron chi connectivity index (χ0n) is 15.3. The summed E-state index contributed by atoms with van der Waals surface area (Å²) in [5, 5.41) is 10.1. The van der Waals surface area contributed by atoms with Crippen LogP contribution in [0, 0.1) is 40.4 Å². The number of rotatable bonds is 2. The van der Waals surface area contributed by atoms with Gasteiger partial charge < -0.3 is 5.11 Å². The van der Waals surface area contributed by atoms with Crippen LogP contribution in [0.3, 0.4) is 0 Å². The summed E-state index contributed by atoms with van der Waals surface area (Å²) in [6.07, 6.45) is 10.2. The van der Waals surface area contributed by atoms with Gasteiger partial charge in [-0.3, -0.25) is 4.79 Å². The van der Waals surface area contributed by atoms with Crippen LogP contribution in [0.5, 0.6) is 0 Å². The van der Waals surface area contributed by atoms with Crippen molar-refractivity contribution in [3.8, 4) is 0 Å². The Bertz CT molecular complexity index is 520. The second-order valence-corrected chi connectivity index (χ2v) is 9.96. The van der Waals surface area contributed by atoms with Crippen molar-refractivity contribution in [2.24, 2.45) is 40.4 Å². The number of ketones is 1.